The third-order valence-corrected chi connectivity index (χ3v) is 7.64. The average Bonchev–Trinajstić information content (AvgIpc) is 2.60. The van der Waals surface area contributed by atoms with Crippen molar-refractivity contribution in [3.8, 4) is 0 Å². The summed E-state index contributed by atoms with van der Waals surface area (Å²) in [6.07, 6.45) is -0.628. The molecule has 1 unspecified atom stereocenters. The van der Waals surface area contributed by atoms with Gasteiger partial charge in [0.15, 0.2) is 17.0 Å². The number of carbonyl (C=O) groups is 2. The maximum Gasteiger partial charge on any atom is 0.339 e. The molecule has 0 saturated carbocycles. The fourth-order valence-corrected chi connectivity index (χ4v) is 5.89. The topological polar surface area (TPSA) is 114 Å². The van der Waals surface area contributed by atoms with Gasteiger partial charge in [-0.05, 0) is 12.5 Å². The predicted molar refractivity (Wildman–Crippen MR) is 106 cm³/mol. The molecule has 1 N–H and O–H groups in total. The Kier molecular flexibility index (Phi) is 5.36. The van der Waals surface area contributed by atoms with E-state index in [1.165, 1.54) is 40.2 Å². The van der Waals surface area contributed by atoms with E-state index < -0.39 is 22.6 Å². The van der Waals surface area contributed by atoms with Gasteiger partial charge in [-0.3, -0.25) is 33.9 Å². The Hall–Kier alpha value is -1.85. The number of aryl methyl sites for hydroxylation is 1. The number of aromatic nitrogens is 3. The summed E-state index contributed by atoms with van der Waals surface area (Å²) in [6, 6.07) is 0. The summed E-state index contributed by atoms with van der Waals surface area (Å²) in [7, 11) is 3.05. The van der Waals surface area contributed by atoms with E-state index in [4.69, 9.17) is 4.74 Å². The van der Waals surface area contributed by atoms with E-state index in [-0.39, 0.29) is 21.6 Å². The number of amides is 1. The van der Waals surface area contributed by atoms with Crippen molar-refractivity contribution >= 4 is 35.2 Å². The Labute approximate surface area is 169 Å². The van der Waals surface area contributed by atoms with Crippen LogP contribution in [0.15, 0.2) is 26.0 Å². The molecule has 152 valence electrons. The van der Waals surface area contributed by atoms with Crippen molar-refractivity contribution in [1.29, 1.82) is 0 Å². The van der Waals surface area contributed by atoms with E-state index in [1.807, 2.05) is 0 Å². The number of Topliss-reactive ketones (excluding diaryl/α,β-unsaturated/α-hetero) is 1. The van der Waals surface area contributed by atoms with E-state index in [1.54, 1.807) is 34.7 Å². The molecule has 1 amide bonds. The number of hydrogen-bond acceptors (Lipinski definition) is 8. The van der Waals surface area contributed by atoms with Crippen molar-refractivity contribution in [3.05, 3.63) is 32.0 Å². The summed E-state index contributed by atoms with van der Waals surface area (Å²) in [5, 5.41) is 2.40. The Balaban J connectivity index is 2.05. The minimum absolute atomic E-state index is 0.132. The highest BCUT2D eigenvalue weighted by molar-refractivity contribution is 8.17. The summed E-state index contributed by atoms with van der Waals surface area (Å²) < 4.78 is 6.39. The fraction of sp³-hybridized carbons (Fsp3) is 0.588. The molecule has 1 aromatic rings. The summed E-state index contributed by atoms with van der Waals surface area (Å²) in [6.45, 7) is 7.22. The maximum atomic E-state index is 13.1. The zero-order valence-electron chi connectivity index (χ0n) is 16.4. The van der Waals surface area contributed by atoms with Gasteiger partial charge in [0.25, 0.3) is 5.91 Å². The minimum atomic E-state index is -0.871. The zero-order valence-corrected chi connectivity index (χ0v) is 18.1. The van der Waals surface area contributed by atoms with E-state index >= 15 is 0 Å². The van der Waals surface area contributed by atoms with Crippen LogP contribution in [0.5, 0.6) is 0 Å². The standard InChI is InChI=1S/C17H22N4O5S2/c1-7-8(10(22)17(2,3)4)21-13(25)9(26-6)14(21)27-15(7)28-16-18-11(23)12(24)19-20(16)5/h9,14-15H,1-6H3,(H,19,24)/t9-,14+,15?/m0/s1. The highest BCUT2D eigenvalue weighted by Crippen LogP contribution is 2.50. The number of β-lactam (4-membered cyclic amide) rings is 1. The number of thioether (sulfide) groups is 2. The third kappa shape index (κ3) is 3.35. The van der Waals surface area contributed by atoms with Gasteiger partial charge < -0.3 is 4.74 Å². The first-order valence-corrected chi connectivity index (χ1v) is 10.4. The molecule has 1 saturated heterocycles. The molecule has 2 aliphatic heterocycles. The Morgan fingerprint density at radius 2 is 1.93 bits per heavy atom. The van der Waals surface area contributed by atoms with Crippen molar-refractivity contribution in [3.63, 3.8) is 0 Å². The number of nitrogens with one attached hydrogen (secondary N) is 1. The van der Waals surface area contributed by atoms with Crippen molar-refractivity contribution in [2.45, 2.75) is 48.9 Å². The normalized spacial score (nSPS) is 24.9. The number of aromatic amines is 1. The largest absolute Gasteiger partial charge is 0.368 e. The quantitative estimate of drug-likeness (QED) is 0.553. The molecule has 3 heterocycles. The van der Waals surface area contributed by atoms with Crippen LogP contribution >= 0.6 is 23.5 Å². The van der Waals surface area contributed by atoms with Crippen molar-refractivity contribution in [2.24, 2.45) is 12.5 Å². The number of ketones is 1. The monoisotopic (exact) mass is 426 g/mol. The lowest BCUT2D eigenvalue weighted by molar-refractivity contribution is -0.160. The first-order valence-electron chi connectivity index (χ1n) is 8.58. The number of ether oxygens (including phenoxy) is 1. The summed E-state index contributed by atoms with van der Waals surface area (Å²) >= 11 is 2.71. The van der Waals surface area contributed by atoms with Crippen molar-refractivity contribution in [1.82, 2.24) is 19.7 Å². The molecule has 3 atom stereocenters. The lowest BCUT2D eigenvalue weighted by atomic mass is 9.86. The van der Waals surface area contributed by atoms with E-state index in [0.29, 0.717) is 10.9 Å². The Bertz CT molecular complexity index is 990. The van der Waals surface area contributed by atoms with E-state index in [2.05, 4.69) is 10.1 Å². The second-order valence-electron chi connectivity index (χ2n) is 7.65. The van der Waals surface area contributed by atoms with E-state index in [9.17, 15) is 19.2 Å². The molecule has 0 radical (unpaired) electrons. The maximum absolute atomic E-state index is 13.1. The SMILES string of the molecule is CO[C@H]1C(=O)N2C(C(=O)C(C)(C)C)=C(C)C(Sc3nc(=O)c(=O)[nH]n3C)S[C@H]12. The van der Waals surface area contributed by atoms with Gasteiger partial charge in [-0.1, -0.05) is 32.5 Å². The lowest BCUT2D eigenvalue weighted by Crippen LogP contribution is -2.66. The molecule has 0 spiro atoms. The molecule has 11 heteroatoms. The number of H-pyrrole nitrogens is 1. The van der Waals surface area contributed by atoms with Crippen molar-refractivity contribution in [2.75, 3.05) is 7.11 Å². The Morgan fingerprint density at radius 3 is 2.50 bits per heavy atom. The number of nitrogens with zero attached hydrogens (tertiary/aromatic N) is 3. The molecule has 2 aliphatic rings. The summed E-state index contributed by atoms with van der Waals surface area (Å²) in [4.78, 5) is 54.1. The molecule has 1 aromatic heterocycles. The van der Waals surface area contributed by atoms with Gasteiger partial charge in [0.05, 0.1) is 10.3 Å². The van der Waals surface area contributed by atoms with Gasteiger partial charge >= 0.3 is 11.1 Å². The molecule has 0 aliphatic carbocycles. The van der Waals surface area contributed by atoms with Crippen LogP contribution in [0.4, 0.5) is 0 Å². The van der Waals surface area contributed by atoms with Crippen molar-refractivity contribution < 1.29 is 14.3 Å². The fourth-order valence-electron chi connectivity index (χ4n) is 2.98. The number of hydrogen-bond donors (Lipinski definition) is 1. The predicted octanol–water partition coefficient (Wildman–Crippen LogP) is 0.706. The highest BCUT2D eigenvalue weighted by atomic mass is 32.2. The van der Waals surface area contributed by atoms with Crippen LogP contribution in [0.1, 0.15) is 27.7 Å². The van der Waals surface area contributed by atoms with Crippen LogP contribution in [0.25, 0.3) is 0 Å². The van der Waals surface area contributed by atoms with Crippen LogP contribution in [-0.4, -0.2) is 54.5 Å². The molecular formula is C17H22N4O5S2. The summed E-state index contributed by atoms with van der Waals surface area (Å²) in [5.41, 5.74) is -1.24. The molecule has 3 rings (SSSR count). The lowest BCUT2D eigenvalue weighted by Gasteiger charge is -2.51. The number of carbonyl (C=O) groups excluding carboxylic acids is 2. The second-order valence-corrected chi connectivity index (χ2v) is 10.2. The Morgan fingerprint density at radius 1 is 1.29 bits per heavy atom. The first-order chi connectivity index (χ1) is 13.0. The first kappa shape index (κ1) is 20.9. The number of fused-ring (bicyclic) bond motifs is 1. The molecule has 9 nitrogen and oxygen atoms in total. The number of allylic oxidation sites excluding steroid dienone is 1. The molecule has 1 fully saturated rings. The number of rotatable bonds is 4. The van der Waals surface area contributed by atoms with Gasteiger partial charge in [0.2, 0.25) is 0 Å². The highest BCUT2D eigenvalue weighted by Gasteiger charge is 2.56. The van der Waals surface area contributed by atoms with Crippen LogP contribution in [0, 0.1) is 5.41 Å². The second kappa shape index (κ2) is 7.20. The van der Waals surface area contributed by atoms with Gasteiger partial charge in [-0.15, -0.1) is 11.8 Å². The zero-order chi connectivity index (χ0) is 21.0. The van der Waals surface area contributed by atoms with Crippen LogP contribution in [-0.2, 0) is 21.4 Å². The third-order valence-electron chi connectivity index (χ3n) is 4.54. The van der Waals surface area contributed by atoms with Gasteiger partial charge in [0, 0.05) is 19.6 Å². The van der Waals surface area contributed by atoms with Crippen LogP contribution in [0.3, 0.4) is 0 Å². The molecule has 0 aromatic carbocycles. The van der Waals surface area contributed by atoms with Gasteiger partial charge in [0.1, 0.15) is 5.37 Å². The smallest absolute Gasteiger partial charge is 0.339 e. The van der Waals surface area contributed by atoms with Gasteiger partial charge in [-0.2, -0.15) is 4.98 Å². The van der Waals surface area contributed by atoms with Crippen LogP contribution < -0.4 is 11.1 Å². The number of methoxy groups -OCH3 is 1. The molecule has 28 heavy (non-hydrogen) atoms. The molecular weight excluding hydrogens is 404 g/mol. The summed E-state index contributed by atoms with van der Waals surface area (Å²) in [5.74, 6) is -0.364. The minimum Gasteiger partial charge on any atom is -0.368 e. The van der Waals surface area contributed by atoms with E-state index in [0.717, 1.165) is 5.57 Å². The van der Waals surface area contributed by atoms with Crippen LogP contribution in [0.2, 0.25) is 0 Å². The van der Waals surface area contributed by atoms with Gasteiger partial charge in [-0.25, -0.2) is 0 Å². The average molecular weight is 427 g/mol. The molecule has 0 bridgehead atoms.